The van der Waals surface area contributed by atoms with Gasteiger partial charge in [-0.15, -0.1) is 0 Å². The third-order valence-corrected chi connectivity index (χ3v) is 5.03. The number of carbonyl (C=O) groups is 2. The number of esters is 1. The minimum Gasteiger partial charge on any atom is -0.497 e. The lowest BCUT2D eigenvalue weighted by atomic mass is 10.1. The van der Waals surface area contributed by atoms with Crippen LogP contribution in [0.25, 0.3) is 11.0 Å². The number of methoxy groups -OCH3 is 1. The van der Waals surface area contributed by atoms with Gasteiger partial charge in [0, 0.05) is 23.9 Å². The van der Waals surface area contributed by atoms with Crippen molar-refractivity contribution in [3.63, 3.8) is 0 Å². The average molecular weight is 453 g/mol. The van der Waals surface area contributed by atoms with Gasteiger partial charge in [-0.2, -0.15) is 0 Å². The van der Waals surface area contributed by atoms with Crippen LogP contribution in [0.1, 0.15) is 43.5 Å². The molecule has 8 nitrogen and oxygen atoms in total. The van der Waals surface area contributed by atoms with Crippen LogP contribution in [0.15, 0.2) is 57.7 Å². The minimum atomic E-state index is -0.748. The molecule has 33 heavy (non-hydrogen) atoms. The fraction of sp³-hybridized carbons (Fsp3) is 0.320. The molecule has 3 aromatic rings. The number of nitrogens with one attached hydrogen (secondary N) is 1. The van der Waals surface area contributed by atoms with Crippen molar-refractivity contribution in [3.8, 4) is 17.2 Å². The molecule has 0 saturated heterocycles. The zero-order valence-corrected chi connectivity index (χ0v) is 18.9. The fourth-order valence-corrected chi connectivity index (χ4v) is 2.98. The lowest BCUT2D eigenvalue weighted by Gasteiger charge is -2.11. The number of benzene rings is 2. The van der Waals surface area contributed by atoms with Gasteiger partial charge < -0.3 is 23.9 Å². The van der Waals surface area contributed by atoms with Crippen molar-refractivity contribution in [2.45, 2.75) is 39.2 Å². The van der Waals surface area contributed by atoms with E-state index in [1.54, 1.807) is 43.5 Å². The van der Waals surface area contributed by atoms with Crippen molar-refractivity contribution in [3.05, 3.63) is 64.5 Å². The van der Waals surface area contributed by atoms with Crippen LogP contribution in [0.4, 0.5) is 0 Å². The summed E-state index contributed by atoms with van der Waals surface area (Å²) in [6.07, 6.45) is 1.38. The van der Waals surface area contributed by atoms with E-state index in [1.807, 2.05) is 13.8 Å². The van der Waals surface area contributed by atoms with Crippen molar-refractivity contribution in [1.29, 1.82) is 0 Å². The lowest BCUT2D eigenvalue weighted by Crippen LogP contribution is -2.34. The first-order valence-corrected chi connectivity index (χ1v) is 10.8. The molecule has 0 aliphatic carbocycles. The first-order chi connectivity index (χ1) is 15.9. The van der Waals surface area contributed by atoms with Crippen molar-refractivity contribution in [2.75, 3.05) is 13.7 Å². The van der Waals surface area contributed by atoms with E-state index in [4.69, 9.17) is 18.6 Å². The molecule has 1 atom stereocenters. The molecule has 1 unspecified atom stereocenters. The third-order valence-electron chi connectivity index (χ3n) is 5.03. The standard InChI is InChI=1S/C25H27NO7/c1-4-16(2)26-24(28)21-14-17-7-8-20(15-22(17)33-25(21)29)32-23(27)6-5-13-31-19-11-9-18(30-3)10-12-19/h7-12,14-16H,4-6,13H2,1-3H3,(H,26,28). The second-order valence-electron chi connectivity index (χ2n) is 7.53. The van der Waals surface area contributed by atoms with Gasteiger partial charge in [-0.1, -0.05) is 6.92 Å². The summed E-state index contributed by atoms with van der Waals surface area (Å²) in [6, 6.07) is 13.3. The Morgan fingerprint density at radius 3 is 2.42 bits per heavy atom. The Labute approximate surface area is 191 Å². The zero-order chi connectivity index (χ0) is 23.8. The molecule has 2 aromatic carbocycles. The van der Waals surface area contributed by atoms with Crippen molar-refractivity contribution >= 4 is 22.8 Å². The number of carbonyl (C=O) groups excluding carboxylic acids is 2. The fourth-order valence-electron chi connectivity index (χ4n) is 2.98. The van der Waals surface area contributed by atoms with Crippen LogP contribution < -0.4 is 25.2 Å². The number of hydrogen-bond acceptors (Lipinski definition) is 7. The molecule has 0 saturated carbocycles. The highest BCUT2D eigenvalue weighted by atomic mass is 16.5. The maximum Gasteiger partial charge on any atom is 0.349 e. The second-order valence-corrected chi connectivity index (χ2v) is 7.53. The first kappa shape index (κ1) is 23.8. The molecule has 0 aliphatic rings. The van der Waals surface area contributed by atoms with Crippen LogP contribution in [0.2, 0.25) is 0 Å². The smallest absolute Gasteiger partial charge is 0.349 e. The predicted molar refractivity (Wildman–Crippen MR) is 123 cm³/mol. The van der Waals surface area contributed by atoms with Gasteiger partial charge in [-0.25, -0.2) is 4.79 Å². The van der Waals surface area contributed by atoms with E-state index in [0.29, 0.717) is 24.2 Å². The summed E-state index contributed by atoms with van der Waals surface area (Å²) >= 11 is 0. The van der Waals surface area contributed by atoms with Gasteiger partial charge in [0.2, 0.25) is 0 Å². The highest BCUT2D eigenvalue weighted by Gasteiger charge is 2.16. The van der Waals surface area contributed by atoms with Gasteiger partial charge in [0.1, 0.15) is 28.4 Å². The molecule has 8 heteroatoms. The average Bonchev–Trinajstić information content (AvgIpc) is 2.81. The van der Waals surface area contributed by atoms with E-state index < -0.39 is 17.5 Å². The molecule has 1 N–H and O–H groups in total. The number of hydrogen-bond donors (Lipinski definition) is 1. The van der Waals surface area contributed by atoms with E-state index >= 15 is 0 Å². The topological polar surface area (TPSA) is 104 Å². The summed E-state index contributed by atoms with van der Waals surface area (Å²) in [5, 5.41) is 3.30. The highest BCUT2D eigenvalue weighted by Crippen LogP contribution is 2.21. The van der Waals surface area contributed by atoms with Crippen LogP contribution in [0.3, 0.4) is 0 Å². The highest BCUT2D eigenvalue weighted by molar-refractivity contribution is 5.97. The van der Waals surface area contributed by atoms with E-state index in [0.717, 1.165) is 12.2 Å². The van der Waals surface area contributed by atoms with E-state index in [2.05, 4.69) is 5.32 Å². The summed E-state index contributed by atoms with van der Waals surface area (Å²) in [5.41, 5.74) is -0.583. The molecule has 0 spiro atoms. The Morgan fingerprint density at radius 2 is 1.73 bits per heavy atom. The molecule has 1 heterocycles. The second kappa shape index (κ2) is 11.2. The first-order valence-electron chi connectivity index (χ1n) is 10.8. The van der Waals surface area contributed by atoms with Crippen molar-refractivity contribution < 1.29 is 28.2 Å². The molecule has 0 aliphatic heterocycles. The van der Waals surface area contributed by atoms with Crippen LogP contribution >= 0.6 is 0 Å². The zero-order valence-electron chi connectivity index (χ0n) is 18.9. The van der Waals surface area contributed by atoms with Gasteiger partial charge in [-0.05, 0) is 62.2 Å². The summed E-state index contributed by atoms with van der Waals surface area (Å²) in [5.74, 6) is 0.768. The van der Waals surface area contributed by atoms with Crippen LogP contribution in [-0.2, 0) is 4.79 Å². The summed E-state index contributed by atoms with van der Waals surface area (Å²) in [7, 11) is 1.59. The van der Waals surface area contributed by atoms with Crippen LogP contribution in [-0.4, -0.2) is 31.6 Å². The largest absolute Gasteiger partial charge is 0.497 e. The SMILES string of the molecule is CCC(C)NC(=O)c1cc2ccc(OC(=O)CCCOc3ccc(OC)cc3)cc2oc1=O. The van der Waals surface area contributed by atoms with E-state index in [9.17, 15) is 14.4 Å². The predicted octanol–water partition coefficient (Wildman–Crippen LogP) is 4.09. The van der Waals surface area contributed by atoms with E-state index in [-0.39, 0.29) is 29.4 Å². The third kappa shape index (κ3) is 6.58. The molecular weight excluding hydrogens is 426 g/mol. The maximum atomic E-state index is 12.3. The molecule has 0 fully saturated rings. The Balaban J connectivity index is 1.55. The number of fused-ring (bicyclic) bond motifs is 1. The van der Waals surface area contributed by atoms with E-state index in [1.165, 1.54) is 12.1 Å². The molecule has 174 valence electrons. The van der Waals surface area contributed by atoms with Gasteiger partial charge >= 0.3 is 11.6 Å². The van der Waals surface area contributed by atoms with Gasteiger partial charge in [0.05, 0.1) is 13.7 Å². The minimum absolute atomic E-state index is 0.0593. The molecule has 0 bridgehead atoms. The normalized spacial score (nSPS) is 11.6. The Kier molecular flexibility index (Phi) is 8.07. The molecule has 1 aromatic heterocycles. The van der Waals surface area contributed by atoms with Gasteiger partial charge in [-0.3, -0.25) is 9.59 Å². The van der Waals surface area contributed by atoms with Crippen molar-refractivity contribution in [2.24, 2.45) is 0 Å². The van der Waals surface area contributed by atoms with Crippen LogP contribution in [0.5, 0.6) is 17.2 Å². The Hall–Kier alpha value is -3.81. The Bertz CT molecular complexity index is 1170. The molecule has 0 radical (unpaired) electrons. The van der Waals surface area contributed by atoms with Gasteiger partial charge in [0.25, 0.3) is 5.91 Å². The number of ether oxygens (including phenoxy) is 3. The maximum absolute atomic E-state index is 12.3. The van der Waals surface area contributed by atoms with Crippen molar-refractivity contribution in [1.82, 2.24) is 5.32 Å². The quantitative estimate of drug-likeness (QED) is 0.213. The summed E-state index contributed by atoms with van der Waals surface area (Å²) in [6.45, 7) is 4.15. The Morgan fingerprint density at radius 1 is 1.03 bits per heavy atom. The number of amides is 1. The van der Waals surface area contributed by atoms with Gasteiger partial charge in [0.15, 0.2) is 0 Å². The summed E-state index contributed by atoms with van der Waals surface area (Å²) in [4.78, 5) is 36.7. The molecular formula is C25H27NO7. The molecule has 1 amide bonds. The lowest BCUT2D eigenvalue weighted by molar-refractivity contribution is -0.134. The molecule has 3 rings (SSSR count). The van der Waals surface area contributed by atoms with Crippen LogP contribution in [0, 0.1) is 0 Å². The monoisotopic (exact) mass is 453 g/mol. The summed E-state index contributed by atoms with van der Waals surface area (Å²) < 4.78 is 21.3. The number of rotatable bonds is 10.